The molecule has 12 heavy (non-hydrogen) atoms. The number of thiol groups is 1. The first-order valence-corrected chi connectivity index (χ1v) is 4.46. The Hall–Kier alpha value is -0.550. The Bertz CT molecular complexity index is 191. The fraction of sp³-hybridized carbons (Fsp3) is 0.600. The molecule has 0 aromatic carbocycles. The van der Waals surface area contributed by atoms with E-state index in [0.29, 0.717) is 18.8 Å². The van der Waals surface area contributed by atoms with Crippen LogP contribution in [0.15, 0.2) is 12.3 Å². The molecule has 1 atom stereocenters. The van der Waals surface area contributed by atoms with Gasteiger partial charge in [-0.25, -0.2) is 0 Å². The van der Waals surface area contributed by atoms with Crippen molar-refractivity contribution in [3.8, 4) is 12.3 Å². The van der Waals surface area contributed by atoms with E-state index in [9.17, 15) is 0 Å². The zero-order valence-electron chi connectivity index (χ0n) is 7.62. The summed E-state index contributed by atoms with van der Waals surface area (Å²) < 4.78 is -0.187. The lowest BCUT2D eigenvalue weighted by Crippen LogP contribution is -2.27. The Morgan fingerprint density at radius 2 is 2.25 bits per heavy atom. The van der Waals surface area contributed by atoms with Crippen molar-refractivity contribution in [2.45, 2.75) is 31.4 Å². The average Bonchev–Trinajstić information content (AvgIpc) is 2.01. The van der Waals surface area contributed by atoms with Gasteiger partial charge in [0, 0.05) is 11.2 Å². The molecule has 0 saturated heterocycles. The summed E-state index contributed by atoms with van der Waals surface area (Å²) in [5.41, 5.74) is 0. The predicted octanol–water partition coefficient (Wildman–Crippen LogP) is 2.80. The highest BCUT2D eigenvalue weighted by molar-refractivity contribution is 7.81. The van der Waals surface area contributed by atoms with Gasteiger partial charge in [-0.3, -0.25) is 0 Å². The Morgan fingerprint density at radius 3 is 2.58 bits per heavy atom. The molecular formula is C10H16OS. The highest BCUT2D eigenvalue weighted by atomic mass is 32.1. The molecule has 2 heteroatoms. The van der Waals surface area contributed by atoms with Gasteiger partial charge in [0.15, 0.2) is 0 Å². The van der Waals surface area contributed by atoms with Crippen molar-refractivity contribution in [2.75, 3.05) is 0 Å². The molecule has 0 spiro atoms. The van der Waals surface area contributed by atoms with Crippen LogP contribution >= 0.6 is 12.6 Å². The highest BCUT2D eigenvalue weighted by Crippen LogP contribution is 2.32. The molecular weight excluding hydrogens is 168 g/mol. The van der Waals surface area contributed by atoms with Crippen LogP contribution in [0, 0.1) is 18.3 Å². The van der Waals surface area contributed by atoms with Crippen LogP contribution in [0.5, 0.6) is 0 Å². The van der Waals surface area contributed by atoms with Gasteiger partial charge in [-0.2, -0.15) is 12.6 Å². The van der Waals surface area contributed by atoms with Gasteiger partial charge in [0.05, 0.1) is 6.26 Å². The zero-order chi connectivity index (χ0) is 9.61. The summed E-state index contributed by atoms with van der Waals surface area (Å²) >= 11 is 4.52. The first-order valence-electron chi connectivity index (χ1n) is 4.02. The molecule has 0 fully saturated rings. The molecule has 1 N–H and O–H groups in total. The molecule has 0 amide bonds. The van der Waals surface area contributed by atoms with Crippen molar-refractivity contribution >= 4 is 12.6 Å². The van der Waals surface area contributed by atoms with Gasteiger partial charge in [0.25, 0.3) is 0 Å². The predicted molar refractivity (Wildman–Crippen MR) is 56.4 cm³/mol. The van der Waals surface area contributed by atoms with Crippen LogP contribution in [0.3, 0.4) is 0 Å². The SMILES string of the molecule is C#CCC(S)(C/C=C/O)C(C)C. The molecule has 0 bridgehead atoms. The molecule has 0 rings (SSSR count). The monoisotopic (exact) mass is 184 g/mol. The number of aliphatic hydroxyl groups excluding tert-OH is 1. The fourth-order valence-corrected chi connectivity index (χ4v) is 1.14. The summed E-state index contributed by atoms with van der Waals surface area (Å²) in [6.07, 6.45) is 9.30. The van der Waals surface area contributed by atoms with Crippen molar-refractivity contribution in [1.29, 1.82) is 0 Å². The van der Waals surface area contributed by atoms with Crippen molar-refractivity contribution in [3.63, 3.8) is 0 Å². The molecule has 0 radical (unpaired) electrons. The van der Waals surface area contributed by atoms with Crippen LogP contribution in [-0.4, -0.2) is 9.85 Å². The molecule has 0 aliphatic heterocycles. The van der Waals surface area contributed by atoms with Crippen molar-refractivity contribution in [2.24, 2.45) is 5.92 Å². The minimum Gasteiger partial charge on any atom is -0.516 e. The van der Waals surface area contributed by atoms with Crippen LogP contribution in [0.25, 0.3) is 0 Å². The maximum absolute atomic E-state index is 8.51. The molecule has 0 heterocycles. The Kier molecular flexibility index (Phi) is 4.92. The van der Waals surface area contributed by atoms with Gasteiger partial charge < -0.3 is 5.11 Å². The van der Waals surface area contributed by atoms with Gasteiger partial charge >= 0.3 is 0 Å². The van der Waals surface area contributed by atoms with Gasteiger partial charge in [0.1, 0.15) is 0 Å². The minimum atomic E-state index is -0.187. The summed E-state index contributed by atoms with van der Waals surface area (Å²) in [7, 11) is 0. The second-order valence-corrected chi connectivity index (χ2v) is 4.12. The quantitative estimate of drug-likeness (QED) is 0.391. The van der Waals surface area contributed by atoms with Crippen molar-refractivity contribution in [1.82, 2.24) is 0 Å². The molecule has 0 aliphatic carbocycles. The number of rotatable bonds is 4. The molecule has 1 nitrogen and oxygen atoms in total. The number of hydrogen-bond acceptors (Lipinski definition) is 2. The number of terminal acetylenes is 1. The standard InChI is InChI=1S/C10H16OS/c1-4-6-10(12,9(2)3)7-5-8-11/h1,5,8-9,11-12H,6-7H2,2-3H3/b8-5+. The summed E-state index contributed by atoms with van der Waals surface area (Å²) in [6, 6.07) is 0. The van der Waals surface area contributed by atoms with Crippen LogP contribution < -0.4 is 0 Å². The van der Waals surface area contributed by atoms with E-state index < -0.39 is 0 Å². The molecule has 1 unspecified atom stereocenters. The van der Waals surface area contributed by atoms with E-state index in [-0.39, 0.29) is 4.75 Å². The van der Waals surface area contributed by atoms with E-state index in [1.165, 1.54) is 0 Å². The summed E-state index contributed by atoms with van der Waals surface area (Å²) in [6.45, 7) is 4.16. The molecule has 0 saturated carbocycles. The number of hydrogen-bond donors (Lipinski definition) is 2. The van der Waals surface area contributed by atoms with Gasteiger partial charge in [-0.05, 0) is 18.4 Å². The first-order chi connectivity index (χ1) is 5.56. The van der Waals surface area contributed by atoms with E-state index in [4.69, 9.17) is 11.5 Å². The number of allylic oxidation sites excluding steroid dienone is 1. The van der Waals surface area contributed by atoms with E-state index in [2.05, 4.69) is 32.4 Å². The summed E-state index contributed by atoms with van der Waals surface area (Å²) in [4.78, 5) is 0. The van der Waals surface area contributed by atoms with Gasteiger partial charge in [-0.15, -0.1) is 12.3 Å². The molecule has 68 valence electrons. The highest BCUT2D eigenvalue weighted by Gasteiger charge is 2.26. The fourth-order valence-electron chi connectivity index (χ4n) is 0.946. The third-order valence-corrected chi connectivity index (χ3v) is 2.92. The van der Waals surface area contributed by atoms with Gasteiger partial charge in [0.2, 0.25) is 0 Å². The minimum absolute atomic E-state index is 0.187. The van der Waals surface area contributed by atoms with Crippen LogP contribution in [0.2, 0.25) is 0 Å². The van der Waals surface area contributed by atoms with Crippen molar-refractivity contribution < 1.29 is 5.11 Å². The lowest BCUT2D eigenvalue weighted by Gasteiger charge is -2.29. The van der Waals surface area contributed by atoms with Gasteiger partial charge in [-0.1, -0.05) is 13.8 Å². The van der Waals surface area contributed by atoms with E-state index in [0.717, 1.165) is 6.26 Å². The number of aliphatic hydroxyl groups is 1. The Labute approximate surface area is 80.3 Å². The van der Waals surface area contributed by atoms with E-state index in [1.54, 1.807) is 6.08 Å². The van der Waals surface area contributed by atoms with Crippen LogP contribution in [0.1, 0.15) is 26.7 Å². The normalized spacial score (nSPS) is 16.2. The van der Waals surface area contributed by atoms with Crippen LogP contribution in [0.4, 0.5) is 0 Å². The topological polar surface area (TPSA) is 20.2 Å². The molecule has 0 aromatic rings. The molecule has 0 aromatic heterocycles. The second kappa shape index (κ2) is 5.16. The maximum Gasteiger partial charge on any atom is 0.0752 e. The summed E-state index contributed by atoms with van der Waals surface area (Å²) in [5.74, 6) is 3.00. The second-order valence-electron chi connectivity index (χ2n) is 3.23. The first kappa shape index (κ1) is 11.4. The third-order valence-electron chi connectivity index (χ3n) is 2.06. The lowest BCUT2D eigenvalue weighted by atomic mass is 9.88. The Morgan fingerprint density at radius 1 is 1.67 bits per heavy atom. The average molecular weight is 184 g/mol. The third kappa shape index (κ3) is 3.23. The van der Waals surface area contributed by atoms with Crippen molar-refractivity contribution in [3.05, 3.63) is 12.3 Å². The maximum atomic E-state index is 8.51. The van der Waals surface area contributed by atoms with E-state index in [1.807, 2.05) is 0 Å². The zero-order valence-corrected chi connectivity index (χ0v) is 8.51. The molecule has 0 aliphatic rings. The largest absolute Gasteiger partial charge is 0.516 e. The van der Waals surface area contributed by atoms with Crippen LogP contribution in [-0.2, 0) is 0 Å². The Balaban J connectivity index is 4.30. The summed E-state index contributed by atoms with van der Waals surface area (Å²) in [5, 5.41) is 8.51. The van der Waals surface area contributed by atoms with E-state index >= 15 is 0 Å². The smallest absolute Gasteiger partial charge is 0.0752 e. The lowest BCUT2D eigenvalue weighted by molar-refractivity contribution is 0.434.